The van der Waals surface area contributed by atoms with Gasteiger partial charge in [0.2, 0.25) is 5.91 Å². The number of nitrogens with zero attached hydrogens (tertiary/aromatic N) is 2. The number of anilines is 1. The zero-order chi connectivity index (χ0) is 16.8. The third-order valence-corrected chi connectivity index (χ3v) is 4.46. The first kappa shape index (κ1) is 16.2. The van der Waals surface area contributed by atoms with Gasteiger partial charge in [0.25, 0.3) is 0 Å². The fourth-order valence-electron chi connectivity index (χ4n) is 3.12. The molecule has 3 rings (SSSR count). The van der Waals surface area contributed by atoms with Gasteiger partial charge in [-0.05, 0) is 55.8 Å². The molecule has 1 aliphatic rings. The van der Waals surface area contributed by atoms with Gasteiger partial charge in [-0.25, -0.2) is 0 Å². The molecule has 0 unspecified atom stereocenters. The van der Waals surface area contributed by atoms with E-state index in [4.69, 9.17) is 5.26 Å². The molecule has 122 valence electrons. The second-order valence-corrected chi connectivity index (χ2v) is 6.22. The number of carbonyl (C=O) groups is 1. The number of benzene rings is 2. The van der Waals surface area contributed by atoms with Crippen molar-refractivity contribution in [3.63, 3.8) is 0 Å². The van der Waals surface area contributed by atoms with Crippen LogP contribution in [0.25, 0.3) is 0 Å². The van der Waals surface area contributed by atoms with Crippen LogP contribution >= 0.6 is 0 Å². The number of hydrogen-bond donors (Lipinski definition) is 1. The number of para-hydroxylation sites is 1. The van der Waals surface area contributed by atoms with Crippen molar-refractivity contribution in [2.24, 2.45) is 5.92 Å². The van der Waals surface area contributed by atoms with E-state index in [0.29, 0.717) is 5.56 Å². The van der Waals surface area contributed by atoms with Gasteiger partial charge in [0.15, 0.2) is 0 Å². The second-order valence-electron chi connectivity index (χ2n) is 6.22. The van der Waals surface area contributed by atoms with E-state index in [1.165, 1.54) is 0 Å². The standard InChI is InChI=1S/C20H21N3O/c21-14-16-5-4-6-17(13-16)15-23-11-9-18(10-12-23)20(24)22-19-7-2-1-3-8-19/h1-8,13,18H,9-12,15H2,(H,22,24). The maximum absolute atomic E-state index is 12.4. The molecule has 1 aliphatic heterocycles. The zero-order valence-corrected chi connectivity index (χ0v) is 13.6. The Morgan fingerprint density at radius 3 is 2.58 bits per heavy atom. The smallest absolute Gasteiger partial charge is 0.227 e. The molecule has 4 heteroatoms. The summed E-state index contributed by atoms with van der Waals surface area (Å²) in [6.07, 6.45) is 1.74. The fraction of sp³-hybridized carbons (Fsp3) is 0.300. The number of rotatable bonds is 4. The Morgan fingerprint density at radius 1 is 1.12 bits per heavy atom. The van der Waals surface area contributed by atoms with Crippen molar-refractivity contribution < 1.29 is 4.79 Å². The van der Waals surface area contributed by atoms with Gasteiger partial charge in [0.05, 0.1) is 11.6 Å². The third kappa shape index (κ3) is 4.21. The summed E-state index contributed by atoms with van der Waals surface area (Å²) in [5.41, 5.74) is 2.71. The van der Waals surface area contributed by atoms with Gasteiger partial charge in [-0.1, -0.05) is 30.3 Å². The van der Waals surface area contributed by atoms with Crippen LogP contribution in [-0.2, 0) is 11.3 Å². The molecule has 0 saturated carbocycles. The van der Waals surface area contributed by atoms with E-state index in [0.717, 1.165) is 43.7 Å². The molecule has 1 N–H and O–H groups in total. The monoisotopic (exact) mass is 319 g/mol. The van der Waals surface area contributed by atoms with E-state index in [1.807, 2.05) is 48.5 Å². The number of carbonyl (C=O) groups excluding carboxylic acids is 1. The molecule has 0 bridgehead atoms. The summed E-state index contributed by atoms with van der Waals surface area (Å²) in [5, 5.41) is 12.0. The minimum Gasteiger partial charge on any atom is -0.326 e. The van der Waals surface area contributed by atoms with Crippen molar-refractivity contribution in [3.8, 4) is 6.07 Å². The quantitative estimate of drug-likeness (QED) is 0.939. The minimum atomic E-state index is 0.0758. The lowest BCUT2D eigenvalue weighted by Gasteiger charge is -2.31. The molecule has 0 atom stereocenters. The highest BCUT2D eigenvalue weighted by Gasteiger charge is 2.25. The van der Waals surface area contributed by atoms with E-state index >= 15 is 0 Å². The first-order valence-electron chi connectivity index (χ1n) is 8.32. The Kier molecular flexibility index (Phi) is 5.25. The first-order valence-corrected chi connectivity index (χ1v) is 8.32. The number of piperidine rings is 1. The average Bonchev–Trinajstić information content (AvgIpc) is 2.63. The lowest BCUT2D eigenvalue weighted by atomic mass is 9.95. The van der Waals surface area contributed by atoms with Gasteiger partial charge < -0.3 is 5.32 Å². The van der Waals surface area contributed by atoms with Crippen LogP contribution in [0.2, 0.25) is 0 Å². The highest BCUT2D eigenvalue weighted by molar-refractivity contribution is 5.92. The molecule has 0 aliphatic carbocycles. The molecule has 0 radical (unpaired) electrons. The molecule has 2 aromatic rings. The van der Waals surface area contributed by atoms with Crippen molar-refractivity contribution in [2.45, 2.75) is 19.4 Å². The van der Waals surface area contributed by atoms with Crippen molar-refractivity contribution in [2.75, 3.05) is 18.4 Å². The normalized spacial score (nSPS) is 15.6. The molecule has 1 saturated heterocycles. The van der Waals surface area contributed by atoms with E-state index < -0.39 is 0 Å². The molecular formula is C20H21N3O. The summed E-state index contributed by atoms with van der Waals surface area (Å²) in [6, 6.07) is 19.5. The topological polar surface area (TPSA) is 56.1 Å². The van der Waals surface area contributed by atoms with Crippen LogP contribution in [0, 0.1) is 17.2 Å². The highest BCUT2D eigenvalue weighted by atomic mass is 16.1. The van der Waals surface area contributed by atoms with Crippen molar-refractivity contribution in [3.05, 3.63) is 65.7 Å². The van der Waals surface area contributed by atoms with E-state index in [9.17, 15) is 4.79 Å². The Morgan fingerprint density at radius 2 is 1.88 bits per heavy atom. The van der Waals surface area contributed by atoms with Crippen LogP contribution in [0.4, 0.5) is 5.69 Å². The minimum absolute atomic E-state index is 0.0758. The molecule has 4 nitrogen and oxygen atoms in total. The third-order valence-electron chi connectivity index (χ3n) is 4.46. The van der Waals surface area contributed by atoms with Gasteiger partial charge in [0.1, 0.15) is 0 Å². The van der Waals surface area contributed by atoms with Crippen molar-refractivity contribution in [1.82, 2.24) is 4.90 Å². The summed E-state index contributed by atoms with van der Waals surface area (Å²) in [4.78, 5) is 14.7. The number of amides is 1. The molecule has 0 spiro atoms. The van der Waals surface area contributed by atoms with Crippen LogP contribution in [0.15, 0.2) is 54.6 Å². The predicted molar refractivity (Wildman–Crippen MR) is 94.2 cm³/mol. The summed E-state index contributed by atoms with van der Waals surface area (Å²) in [7, 11) is 0. The summed E-state index contributed by atoms with van der Waals surface area (Å²) in [5.74, 6) is 0.194. The van der Waals surface area contributed by atoms with Crippen LogP contribution in [0.1, 0.15) is 24.0 Å². The number of hydrogen-bond acceptors (Lipinski definition) is 3. The molecule has 2 aromatic carbocycles. The van der Waals surface area contributed by atoms with E-state index in [1.54, 1.807) is 0 Å². The summed E-state index contributed by atoms with van der Waals surface area (Å²) in [6.45, 7) is 2.65. The van der Waals surface area contributed by atoms with Crippen molar-refractivity contribution in [1.29, 1.82) is 5.26 Å². The molecule has 0 aromatic heterocycles. The molecule has 1 fully saturated rings. The largest absolute Gasteiger partial charge is 0.326 e. The fourth-order valence-corrected chi connectivity index (χ4v) is 3.12. The highest BCUT2D eigenvalue weighted by Crippen LogP contribution is 2.21. The Balaban J connectivity index is 1.50. The zero-order valence-electron chi connectivity index (χ0n) is 13.6. The SMILES string of the molecule is N#Cc1cccc(CN2CCC(C(=O)Nc3ccccc3)CC2)c1. The average molecular weight is 319 g/mol. The van der Waals surface area contributed by atoms with Crippen LogP contribution in [0.5, 0.6) is 0 Å². The van der Waals surface area contributed by atoms with Crippen LogP contribution in [-0.4, -0.2) is 23.9 Å². The Labute approximate surface area is 142 Å². The van der Waals surface area contributed by atoms with E-state index in [-0.39, 0.29) is 11.8 Å². The van der Waals surface area contributed by atoms with Gasteiger partial charge in [0, 0.05) is 18.2 Å². The van der Waals surface area contributed by atoms with Gasteiger partial charge in [-0.2, -0.15) is 5.26 Å². The van der Waals surface area contributed by atoms with Gasteiger partial charge in [-0.15, -0.1) is 0 Å². The Bertz CT molecular complexity index is 728. The van der Waals surface area contributed by atoms with Gasteiger partial charge in [-0.3, -0.25) is 9.69 Å². The molecule has 24 heavy (non-hydrogen) atoms. The lowest BCUT2D eigenvalue weighted by molar-refractivity contribution is -0.121. The number of nitriles is 1. The second kappa shape index (κ2) is 7.76. The maximum atomic E-state index is 12.4. The molecule has 1 heterocycles. The maximum Gasteiger partial charge on any atom is 0.227 e. The molecular weight excluding hydrogens is 298 g/mol. The summed E-state index contributed by atoms with van der Waals surface area (Å²) >= 11 is 0. The number of likely N-dealkylation sites (tertiary alicyclic amines) is 1. The summed E-state index contributed by atoms with van der Waals surface area (Å²) < 4.78 is 0. The molecule has 1 amide bonds. The van der Waals surface area contributed by atoms with Crippen molar-refractivity contribution >= 4 is 11.6 Å². The Hall–Kier alpha value is -2.64. The van der Waals surface area contributed by atoms with E-state index in [2.05, 4.69) is 22.4 Å². The number of nitrogens with one attached hydrogen (secondary N) is 1. The van der Waals surface area contributed by atoms with Gasteiger partial charge >= 0.3 is 0 Å². The lowest BCUT2D eigenvalue weighted by Crippen LogP contribution is -2.37. The van der Waals surface area contributed by atoms with Crippen LogP contribution < -0.4 is 5.32 Å². The van der Waals surface area contributed by atoms with Crippen LogP contribution in [0.3, 0.4) is 0 Å². The first-order chi connectivity index (χ1) is 11.7. The predicted octanol–water partition coefficient (Wildman–Crippen LogP) is 3.41.